The molecule has 0 saturated heterocycles. The summed E-state index contributed by atoms with van der Waals surface area (Å²) in [4.78, 5) is 32.6. The van der Waals surface area contributed by atoms with E-state index in [9.17, 15) is 14.0 Å². The van der Waals surface area contributed by atoms with Crippen LogP contribution in [0.1, 0.15) is 57.4 Å². The molecule has 0 saturated carbocycles. The number of benzene rings is 3. The Bertz CT molecular complexity index is 1970. The third-order valence-electron chi connectivity index (χ3n) is 7.02. The van der Waals surface area contributed by atoms with Crippen LogP contribution in [0, 0.1) is 5.82 Å². The molecule has 0 aliphatic carbocycles. The molecule has 0 fully saturated rings. The molecule has 2 heterocycles. The number of nitrogens with zero attached hydrogens (tertiary/aromatic N) is 2. The van der Waals surface area contributed by atoms with Gasteiger partial charge in [-0.25, -0.2) is 14.2 Å². The molecule has 0 amide bonds. The summed E-state index contributed by atoms with van der Waals surface area (Å²) in [5.41, 5.74) is 2.59. The summed E-state index contributed by atoms with van der Waals surface area (Å²) in [6.45, 7) is 9.97. The quantitative estimate of drug-likeness (QED) is 0.166. The van der Waals surface area contributed by atoms with Crippen molar-refractivity contribution in [3.8, 4) is 17.2 Å². The van der Waals surface area contributed by atoms with Crippen LogP contribution in [0.2, 0.25) is 0 Å². The number of allylic oxidation sites excluding steroid dienone is 1. The zero-order chi connectivity index (χ0) is 33.0. The van der Waals surface area contributed by atoms with Crippen molar-refractivity contribution in [1.82, 2.24) is 4.57 Å². The topological polar surface area (TPSA) is 88.4 Å². The van der Waals surface area contributed by atoms with Crippen molar-refractivity contribution in [3.63, 3.8) is 0 Å². The highest BCUT2D eigenvalue weighted by atomic mass is 79.9. The minimum atomic E-state index is -0.805. The molecule has 1 aliphatic heterocycles. The number of para-hydroxylation sites is 1. The molecule has 1 atom stereocenters. The lowest BCUT2D eigenvalue weighted by molar-refractivity contribution is -0.139. The highest BCUT2D eigenvalue weighted by molar-refractivity contribution is 9.10. The second-order valence-electron chi connectivity index (χ2n) is 10.7. The first-order chi connectivity index (χ1) is 22.1. The summed E-state index contributed by atoms with van der Waals surface area (Å²) in [5, 5.41) is 0. The molecule has 0 unspecified atom stereocenters. The molecule has 46 heavy (non-hydrogen) atoms. The first-order valence-corrected chi connectivity index (χ1v) is 16.5. The van der Waals surface area contributed by atoms with Gasteiger partial charge in [-0.2, -0.15) is 0 Å². The summed E-state index contributed by atoms with van der Waals surface area (Å²) in [6.07, 6.45) is 1.63. The number of thiazole rings is 1. The van der Waals surface area contributed by atoms with Crippen LogP contribution in [-0.4, -0.2) is 29.9 Å². The Morgan fingerprint density at radius 1 is 1.07 bits per heavy atom. The fourth-order valence-electron chi connectivity index (χ4n) is 5.12. The number of rotatable bonds is 11. The van der Waals surface area contributed by atoms with Crippen molar-refractivity contribution in [2.45, 2.75) is 53.4 Å². The lowest BCUT2D eigenvalue weighted by atomic mass is 9.95. The van der Waals surface area contributed by atoms with Crippen molar-refractivity contribution >= 4 is 39.3 Å². The van der Waals surface area contributed by atoms with Crippen LogP contribution in [0.4, 0.5) is 4.39 Å². The monoisotopic (exact) mass is 708 g/mol. The van der Waals surface area contributed by atoms with Crippen LogP contribution in [0.25, 0.3) is 6.08 Å². The third-order valence-corrected chi connectivity index (χ3v) is 8.59. The van der Waals surface area contributed by atoms with Gasteiger partial charge in [0, 0.05) is 5.56 Å². The molecule has 3 aromatic carbocycles. The van der Waals surface area contributed by atoms with Gasteiger partial charge in [-0.3, -0.25) is 9.36 Å². The number of fused-ring (bicyclic) bond motifs is 1. The normalized spacial score (nSPS) is 14.6. The number of esters is 1. The van der Waals surface area contributed by atoms with E-state index in [1.165, 1.54) is 28.0 Å². The van der Waals surface area contributed by atoms with Gasteiger partial charge in [0.1, 0.15) is 24.2 Å². The van der Waals surface area contributed by atoms with Crippen LogP contribution in [0.15, 0.2) is 86.2 Å². The SMILES string of the molecule is CCOC(=O)C1=C(C)N=c2s/c(=C/c3cc(Br)c(OCc4ccc(F)cc4)c(OCC)c3)c(=O)n2[C@@H]1c1ccccc1OC(C)C. The van der Waals surface area contributed by atoms with Crippen molar-refractivity contribution in [3.05, 3.63) is 119 Å². The van der Waals surface area contributed by atoms with E-state index in [0.29, 0.717) is 54.5 Å². The van der Waals surface area contributed by atoms with Crippen LogP contribution in [-0.2, 0) is 16.1 Å². The number of carbonyl (C=O) groups excluding carboxylic acids is 1. The van der Waals surface area contributed by atoms with E-state index >= 15 is 0 Å². The number of hydrogen-bond donors (Lipinski definition) is 0. The van der Waals surface area contributed by atoms with Gasteiger partial charge < -0.3 is 18.9 Å². The molecule has 11 heteroatoms. The predicted molar refractivity (Wildman–Crippen MR) is 179 cm³/mol. The average Bonchev–Trinajstić information content (AvgIpc) is 3.31. The second-order valence-corrected chi connectivity index (χ2v) is 12.5. The highest BCUT2D eigenvalue weighted by Crippen LogP contribution is 2.38. The average molecular weight is 710 g/mol. The standard InChI is InChI=1S/C35H34BrFN2O6S/c1-6-42-28-17-23(16-26(36)32(28)44-19-22-12-14-24(37)15-13-22)18-29-33(40)39-31(25-10-8-9-11-27(25)45-20(3)4)30(34(41)43-7-2)21(5)38-35(39)46-29/h8-18,20,31H,6-7,19H2,1-5H3/b29-18+/t31-/m1/s1. The van der Waals surface area contributed by atoms with Crippen LogP contribution in [0.3, 0.4) is 0 Å². The van der Waals surface area contributed by atoms with Crippen LogP contribution >= 0.6 is 27.3 Å². The van der Waals surface area contributed by atoms with E-state index in [1.54, 1.807) is 38.1 Å². The minimum Gasteiger partial charge on any atom is -0.491 e. The number of halogens is 2. The van der Waals surface area contributed by atoms with Crippen molar-refractivity contribution in [2.75, 3.05) is 13.2 Å². The van der Waals surface area contributed by atoms with Gasteiger partial charge >= 0.3 is 5.97 Å². The number of aromatic nitrogens is 1. The molecular formula is C35H34BrFN2O6S. The summed E-state index contributed by atoms with van der Waals surface area (Å²) >= 11 is 4.83. The van der Waals surface area contributed by atoms with E-state index in [4.69, 9.17) is 18.9 Å². The van der Waals surface area contributed by atoms with E-state index in [1.807, 2.05) is 51.1 Å². The molecule has 5 rings (SSSR count). The zero-order valence-corrected chi connectivity index (χ0v) is 28.5. The molecule has 4 aromatic rings. The Morgan fingerprint density at radius 2 is 1.80 bits per heavy atom. The summed E-state index contributed by atoms with van der Waals surface area (Å²) in [5.74, 6) is 0.678. The third kappa shape index (κ3) is 7.10. The zero-order valence-electron chi connectivity index (χ0n) is 26.1. The predicted octanol–water partition coefficient (Wildman–Crippen LogP) is 6.46. The highest BCUT2D eigenvalue weighted by Gasteiger charge is 2.35. The molecule has 1 aromatic heterocycles. The first kappa shape index (κ1) is 33.2. The molecule has 240 valence electrons. The Balaban J connectivity index is 1.61. The fourth-order valence-corrected chi connectivity index (χ4v) is 6.74. The number of carbonyl (C=O) groups is 1. The Kier molecular flexibility index (Phi) is 10.4. The van der Waals surface area contributed by atoms with Crippen LogP contribution in [0.5, 0.6) is 17.2 Å². The Morgan fingerprint density at radius 3 is 2.50 bits per heavy atom. The molecule has 8 nitrogen and oxygen atoms in total. The lowest BCUT2D eigenvalue weighted by Crippen LogP contribution is -2.40. The number of hydrogen-bond acceptors (Lipinski definition) is 8. The van der Waals surface area contributed by atoms with E-state index in [0.717, 1.165) is 5.56 Å². The molecule has 0 spiro atoms. The summed E-state index contributed by atoms with van der Waals surface area (Å²) in [6, 6.07) is 16.3. The Hall–Kier alpha value is -4.22. The lowest BCUT2D eigenvalue weighted by Gasteiger charge is -2.26. The van der Waals surface area contributed by atoms with E-state index in [-0.39, 0.29) is 36.3 Å². The van der Waals surface area contributed by atoms with E-state index < -0.39 is 12.0 Å². The van der Waals surface area contributed by atoms with Crippen molar-refractivity contribution < 1.29 is 28.1 Å². The van der Waals surface area contributed by atoms with Crippen molar-refractivity contribution in [2.24, 2.45) is 4.99 Å². The maximum Gasteiger partial charge on any atom is 0.338 e. The van der Waals surface area contributed by atoms with Gasteiger partial charge in [0.15, 0.2) is 16.3 Å². The van der Waals surface area contributed by atoms with Crippen LogP contribution < -0.4 is 29.1 Å². The van der Waals surface area contributed by atoms with Gasteiger partial charge in [-0.1, -0.05) is 41.7 Å². The molecule has 0 bridgehead atoms. The maximum absolute atomic E-state index is 14.2. The minimum absolute atomic E-state index is 0.131. The first-order valence-electron chi connectivity index (χ1n) is 14.9. The Labute approximate surface area is 278 Å². The summed E-state index contributed by atoms with van der Waals surface area (Å²) in [7, 11) is 0. The van der Waals surface area contributed by atoms with Gasteiger partial charge in [-0.15, -0.1) is 0 Å². The van der Waals surface area contributed by atoms with E-state index in [2.05, 4.69) is 20.9 Å². The molecule has 1 aliphatic rings. The van der Waals surface area contributed by atoms with Gasteiger partial charge in [0.25, 0.3) is 5.56 Å². The maximum atomic E-state index is 14.2. The van der Waals surface area contributed by atoms with Gasteiger partial charge in [0.2, 0.25) is 0 Å². The molecule has 0 radical (unpaired) electrons. The molecule has 0 N–H and O–H groups in total. The van der Waals surface area contributed by atoms with Gasteiger partial charge in [0.05, 0.1) is 39.6 Å². The summed E-state index contributed by atoms with van der Waals surface area (Å²) < 4.78 is 39.4. The number of ether oxygens (including phenoxy) is 4. The smallest absolute Gasteiger partial charge is 0.338 e. The van der Waals surface area contributed by atoms with Gasteiger partial charge in [-0.05, 0) is 98.1 Å². The van der Waals surface area contributed by atoms with Crippen molar-refractivity contribution in [1.29, 1.82) is 0 Å². The second kappa shape index (κ2) is 14.5. The molecular weight excluding hydrogens is 675 g/mol. The largest absolute Gasteiger partial charge is 0.491 e. The fraction of sp³-hybridized carbons (Fsp3) is 0.286.